The highest BCUT2D eigenvalue weighted by Crippen LogP contribution is 2.23. The summed E-state index contributed by atoms with van der Waals surface area (Å²) in [5, 5.41) is 0. The lowest BCUT2D eigenvalue weighted by molar-refractivity contribution is 0.414. The maximum atomic E-state index is 5.29. The molecule has 4 heteroatoms. The van der Waals surface area contributed by atoms with Crippen LogP contribution < -0.4 is 9.47 Å². The van der Waals surface area contributed by atoms with Gasteiger partial charge in [0.25, 0.3) is 0 Å². The van der Waals surface area contributed by atoms with Gasteiger partial charge in [0.15, 0.2) is 0 Å². The molecule has 0 aliphatic rings. The summed E-state index contributed by atoms with van der Waals surface area (Å²) in [6.07, 6.45) is 1.78. The largest absolute Gasteiger partial charge is 0.497 e. The molecule has 2 aromatic carbocycles. The van der Waals surface area contributed by atoms with Crippen molar-refractivity contribution in [2.45, 2.75) is 0 Å². The molecule has 2 rings (SSSR count). The molecule has 0 radical (unpaired) electrons. The summed E-state index contributed by atoms with van der Waals surface area (Å²) in [5.74, 6) is 1.61. The Bertz CT molecular complexity index is 579. The number of benzene rings is 2. The fourth-order valence-electron chi connectivity index (χ4n) is 1.62. The summed E-state index contributed by atoms with van der Waals surface area (Å²) < 4.78 is 11.4. The Morgan fingerprint density at radius 1 is 1.00 bits per heavy atom. The van der Waals surface area contributed by atoms with Crippen LogP contribution in [0.4, 0.5) is 5.69 Å². The minimum absolute atomic E-state index is 0.792. The molecular weight excluding hydrogens is 306 g/mol. The Kier molecular flexibility index (Phi) is 4.58. The third-order valence-electron chi connectivity index (χ3n) is 2.62. The first kappa shape index (κ1) is 13.6. The van der Waals surface area contributed by atoms with Crippen LogP contribution in [-0.2, 0) is 0 Å². The second-order valence-electron chi connectivity index (χ2n) is 3.84. The number of nitrogens with zero attached hydrogens (tertiary/aromatic N) is 1. The third-order valence-corrected chi connectivity index (χ3v) is 3.11. The highest BCUT2D eigenvalue weighted by molar-refractivity contribution is 9.10. The molecule has 0 bridgehead atoms. The van der Waals surface area contributed by atoms with Crippen LogP contribution >= 0.6 is 15.9 Å². The molecule has 0 spiro atoms. The first-order valence-corrected chi connectivity index (χ1v) is 6.54. The van der Waals surface area contributed by atoms with Crippen LogP contribution in [0.2, 0.25) is 0 Å². The van der Waals surface area contributed by atoms with Gasteiger partial charge in [0.2, 0.25) is 0 Å². The fourth-order valence-corrected chi connectivity index (χ4v) is 2.00. The highest BCUT2D eigenvalue weighted by Gasteiger charge is 2.00. The summed E-state index contributed by atoms with van der Waals surface area (Å²) in [7, 11) is 3.29. The van der Waals surface area contributed by atoms with E-state index < -0.39 is 0 Å². The second-order valence-corrected chi connectivity index (χ2v) is 4.76. The van der Waals surface area contributed by atoms with E-state index in [-0.39, 0.29) is 0 Å². The summed E-state index contributed by atoms with van der Waals surface area (Å²) in [6.45, 7) is 0. The Morgan fingerprint density at radius 3 is 2.37 bits per heavy atom. The molecular formula is C15H14BrNO2. The van der Waals surface area contributed by atoms with Crippen molar-refractivity contribution in [3.8, 4) is 11.5 Å². The maximum absolute atomic E-state index is 5.29. The zero-order chi connectivity index (χ0) is 13.7. The van der Waals surface area contributed by atoms with Crippen molar-refractivity contribution >= 4 is 27.8 Å². The van der Waals surface area contributed by atoms with Gasteiger partial charge >= 0.3 is 0 Å². The Labute approximate surface area is 121 Å². The molecule has 0 fully saturated rings. The average molecular weight is 320 g/mol. The summed E-state index contributed by atoms with van der Waals surface area (Å²) in [5.41, 5.74) is 1.79. The number of aliphatic imine (C=N–C) groups is 1. The summed E-state index contributed by atoms with van der Waals surface area (Å²) in [6, 6.07) is 13.4. The molecule has 0 saturated heterocycles. The molecule has 0 aliphatic carbocycles. The molecule has 0 atom stereocenters. The number of rotatable bonds is 4. The lowest BCUT2D eigenvalue weighted by atomic mass is 10.2. The Balaban J connectivity index is 2.23. The standard InChI is InChI=1S/C15H14BrNO2/c1-18-14-6-4-13(5-7-14)17-10-11-9-12(16)3-8-15(11)19-2/h3-10H,1-2H3. The van der Waals surface area contributed by atoms with Crippen LogP contribution in [0.1, 0.15) is 5.56 Å². The van der Waals surface area contributed by atoms with E-state index >= 15 is 0 Å². The molecule has 0 amide bonds. The number of halogens is 1. The molecule has 0 unspecified atom stereocenters. The number of methoxy groups -OCH3 is 2. The average Bonchev–Trinajstić information content (AvgIpc) is 2.46. The Hall–Kier alpha value is -1.81. The molecule has 19 heavy (non-hydrogen) atoms. The molecule has 0 saturated carbocycles. The van der Waals surface area contributed by atoms with E-state index in [0.29, 0.717) is 0 Å². The van der Waals surface area contributed by atoms with E-state index in [1.165, 1.54) is 0 Å². The quantitative estimate of drug-likeness (QED) is 0.790. The fraction of sp³-hybridized carbons (Fsp3) is 0.133. The van der Waals surface area contributed by atoms with Gasteiger partial charge in [0.05, 0.1) is 19.9 Å². The molecule has 2 aromatic rings. The predicted molar refractivity (Wildman–Crippen MR) is 80.9 cm³/mol. The van der Waals surface area contributed by atoms with Crippen molar-refractivity contribution in [2.75, 3.05) is 14.2 Å². The summed E-state index contributed by atoms with van der Waals surface area (Å²) in [4.78, 5) is 4.42. The number of hydrogen-bond acceptors (Lipinski definition) is 3. The van der Waals surface area contributed by atoms with Gasteiger partial charge in [-0.3, -0.25) is 4.99 Å². The van der Waals surface area contributed by atoms with E-state index in [1.54, 1.807) is 20.4 Å². The van der Waals surface area contributed by atoms with Gasteiger partial charge in [-0.15, -0.1) is 0 Å². The topological polar surface area (TPSA) is 30.8 Å². The maximum Gasteiger partial charge on any atom is 0.127 e. The van der Waals surface area contributed by atoms with E-state index in [9.17, 15) is 0 Å². The van der Waals surface area contributed by atoms with Crippen LogP contribution in [0, 0.1) is 0 Å². The van der Waals surface area contributed by atoms with Crippen LogP contribution in [0.3, 0.4) is 0 Å². The summed E-state index contributed by atoms with van der Waals surface area (Å²) >= 11 is 3.44. The van der Waals surface area contributed by atoms with Crippen molar-refractivity contribution in [1.82, 2.24) is 0 Å². The van der Waals surface area contributed by atoms with Gasteiger partial charge in [0, 0.05) is 16.3 Å². The monoisotopic (exact) mass is 319 g/mol. The van der Waals surface area contributed by atoms with Crippen molar-refractivity contribution in [3.05, 3.63) is 52.5 Å². The van der Waals surface area contributed by atoms with Gasteiger partial charge in [0.1, 0.15) is 11.5 Å². The normalized spacial score (nSPS) is 10.7. The van der Waals surface area contributed by atoms with Crippen molar-refractivity contribution in [3.63, 3.8) is 0 Å². The van der Waals surface area contributed by atoms with Crippen LogP contribution in [0.25, 0.3) is 0 Å². The smallest absolute Gasteiger partial charge is 0.127 e. The minimum atomic E-state index is 0.792. The van der Waals surface area contributed by atoms with Crippen LogP contribution in [0.15, 0.2) is 51.9 Å². The van der Waals surface area contributed by atoms with Crippen molar-refractivity contribution in [2.24, 2.45) is 4.99 Å². The lowest BCUT2D eigenvalue weighted by Crippen LogP contribution is -1.90. The van der Waals surface area contributed by atoms with E-state index in [2.05, 4.69) is 20.9 Å². The van der Waals surface area contributed by atoms with E-state index in [1.807, 2.05) is 42.5 Å². The van der Waals surface area contributed by atoms with Gasteiger partial charge < -0.3 is 9.47 Å². The molecule has 0 N–H and O–H groups in total. The molecule has 0 aliphatic heterocycles. The molecule has 0 heterocycles. The van der Waals surface area contributed by atoms with E-state index in [0.717, 1.165) is 27.2 Å². The van der Waals surface area contributed by atoms with Crippen molar-refractivity contribution in [1.29, 1.82) is 0 Å². The van der Waals surface area contributed by atoms with Gasteiger partial charge in [-0.2, -0.15) is 0 Å². The number of ether oxygens (including phenoxy) is 2. The zero-order valence-electron chi connectivity index (χ0n) is 10.8. The van der Waals surface area contributed by atoms with Crippen LogP contribution in [0.5, 0.6) is 11.5 Å². The second kappa shape index (κ2) is 6.38. The lowest BCUT2D eigenvalue weighted by Gasteiger charge is -2.04. The van der Waals surface area contributed by atoms with Crippen molar-refractivity contribution < 1.29 is 9.47 Å². The molecule has 98 valence electrons. The molecule has 0 aromatic heterocycles. The minimum Gasteiger partial charge on any atom is -0.497 e. The van der Waals surface area contributed by atoms with Gasteiger partial charge in [-0.25, -0.2) is 0 Å². The van der Waals surface area contributed by atoms with E-state index in [4.69, 9.17) is 9.47 Å². The van der Waals surface area contributed by atoms with Gasteiger partial charge in [-0.1, -0.05) is 15.9 Å². The Morgan fingerprint density at radius 2 is 1.74 bits per heavy atom. The van der Waals surface area contributed by atoms with Gasteiger partial charge in [-0.05, 0) is 42.5 Å². The highest BCUT2D eigenvalue weighted by atomic mass is 79.9. The van der Waals surface area contributed by atoms with Crippen LogP contribution in [-0.4, -0.2) is 20.4 Å². The third kappa shape index (κ3) is 3.58. The zero-order valence-corrected chi connectivity index (χ0v) is 12.3. The number of hydrogen-bond donors (Lipinski definition) is 0. The predicted octanol–water partition coefficient (Wildman–Crippen LogP) is 4.22. The SMILES string of the molecule is COc1ccc(N=Cc2cc(Br)ccc2OC)cc1. The first-order valence-electron chi connectivity index (χ1n) is 5.74. The molecule has 3 nitrogen and oxygen atoms in total. The first-order chi connectivity index (χ1) is 9.22.